The van der Waals surface area contributed by atoms with Crippen LogP contribution < -0.4 is 39.1 Å². The predicted octanol–water partition coefficient (Wildman–Crippen LogP) is 10.5. The highest BCUT2D eigenvalue weighted by Gasteiger charge is 2.38. The second-order valence-corrected chi connectivity index (χ2v) is 20.2. The van der Waals surface area contributed by atoms with E-state index in [1.54, 1.807) is 85.3 Å². The summed E-state index contributed by atoms with van der Waals surface area (Å²) in [6, 6.07) is 15.6. The maximum Gasteiger partial charge on any atom is 0.408 e. The molecule has 0 radical (unpaired) electrons. The third-order valence-electron chi connectivity index (χ3n) is 13.3. The number of anilines is 1. The molecule has 0 saturated carbocycles. The van der Waals surface area contributed by atoms with Crippen LogP contribution in [-0.2, 0) is 40.4 Å². The first-order valence-electron chi connectivity index (χ1n) is 25.8. The number of methoxy groups -OCH3 is 6. The van der Waals surface area contributed by atoms with E-state index in [1.165, 1.54) is 12.5 Å². The fourth-order valence-corrected chi connectivity index (χ4v) is 10.2. The number of carbonyl (C=O) groups is 2. The molecule has 4 N–H and O–H groups in total. The number of carboxylic acid groups (broad SMARTS) is 1. The van der Waals surface area contributed by atoms with Gasteiger partial charge in [0.25, 0.3) is 5.91 Å². The van der Waals surface area contributed by atoms with Crippen molar-refractivity contribution in [3.8, 4) is 45.6 Å². The normalized spacial score (nSPS) is 14.5. The molecule has 444 valence electrons. The number of aliphatic carboxylic acids is 1. The highest BCUT2D eigenvalue weighted by molar-refractivity contribution is 9.11. The van der Waals surface area contributed by atoms with Gasteiger partial charge in [-0.3, -0.25) is 19.6 Å². The molecule has 0 aliphatic carbocycles. The van der Waals surface area contributed by atoms with Crippen molar-refractivity contribution in [2.24, 2.45) is 0 Å². The van der Waals surface area contributed by atoms with Crippen molar-refractivity contribution in [3.63, 3.8) is 0 Å². The molecule has 5 aromatic carbocycles. The van der Waals surface area contributed by atoms with E-state index in [1.807, 2.05) is 29.6 Å². The zero-order chi connectivity index (χ0) is 59.7. The molecular formula is C58H66Br2F5N5O12. The molecular weight excluding hydrogens is 1210 g/mol. The van der Waals surface area contributed by atoms with Crippen LogP contribution in [-0.4, -0.2) is 150 Å². The van der Waals surface area contributed by atoms with Crippen LogP contribution in [0.1, 0.15) is 46.0 Å². The average Bonchev–Trinajstić information content (AvgIpc) is 3.62. The number of rotatable bonds is 20. The molecule has 0 bridgehead atoms. The molecule has 2 aliphatic heterocycles. The summed E-state index contributed by atoms with van der Waals surface area (Å²) in [4.78, 5) is 34.6. The van der Waals surface area contributed by atoms with Gasteiger partial charge in [-0.1, -0.05) is 25.1 Å². The number of amides is 1. The van der Waals surface area contributed by atoms with Crippen LogP contribution in [0.5, 0.6) is 34.5 Å². The number of aliphatic hydroxyl groups is 1. The summed E-state index contributed by atoms with van der Waals surface area (Å²) >= 11 is 6.81. The Labute approximate surface area is 489 Å². The molecule has 0 spiro atoms. The third kappa shape index (κ3) is 16.8. The SMILES string of the molecule is CC[C@@H](Nc1cc(F)c(C(=O)N[C@@H](Cc2ccc(-c3c(OC)cc(CN4CCOCC4)cc3OC)c3ncccc23)C(=O)O)c(F)c1)C(F)(F)F.COc1cc(CN2CCOCC2)cc(OC)c1Br.COc1cc(CO)cc(OC)c1Br. The number of nitrogens with zero attached hydrogens (tertiary/aromatic N) is 3. The van der Waals surface area contributed by atoms with E-state index in [-0.39, 0.29) is 13.0 Å². The lowest BCUT2D eigenvalue weighted by Crippen LogP contribution is -2.43. The summed E-state index contributed by atoms with van der Waals surface area (Å²) in [5.41, 5.74) is 3.44. The van der Waals surface area contributed by atoms with Crippen LogP contribution in [0.15, 0.2) is 87.9 Å². The molecule has 8 rings (SSSR count). The minimum Gasteiger partial charge on any atom is -0.496 e. The van der Waals surface area contributed by atoms with Crippen LogP contribution in [0.2, 0.25) is 0 Å². The Morgan fingerprint density at radius 2 is 1.15 bits per heavy atom. The average molecular weight is 1280 g/mol. The van der Waals surface area contributed by atoms with E-state index in [0.29, 0.717) is 82.5 Å². The summed E-state index contributed by atoms with van der Waals surface area (Å²) in [5, 5.41) is 23.7. The first-order valence-corrected chi connectivity index (χ1v) is 27.4. The number of fused-ring (bicyclic) bond motifs is 1. The van der Waals surface area contributed by atoms with Gasteiger partial charge in [0.05, 0.1) is 86.8 Å². The summed E-state index contributed by atoms with van der Waals surface area (Å²) in [7, 11) is 9.56. The number of hydrogen-bond donors (Lipinski definition) is 4. The molecule has 82 heavy (non-hydrogen) atoms. The van der Waals surface area contributed by atoms with Gasteiger partial charge in [-0.15, -0.1) is 0 Å². The van der Waals surface area contributed by atoms with Gasteiger partial charge < -0.3 is 58.7 Å². The second kappa shape index (κ2) is 30.7. The Morgan fingerprint density at radius 3 is 1.56 bits per heavy atom. The Bertz CT molecular complexity index is 3030. The van der Waals surface area contributed by atoms with Crippen LogP contribution in [0, 0.1) is 11.6 Å². The fraction of sp³-hybridized carbons (Fsp3) is 0.397. The number of pyridine rings is 1. The molecule has 3 heterocycles. The summed E-state index contributed by atoms with van der Waals surface area (Å²) < 4.78 is 114. The van der Waals surface area contributed by atoms with Gasteiger partial charge in [-0.05, 0) is 115 Å². The zero-order valence-corrected chi connectivity index (χ0v) is 49.5. The van der Waals surface area contributed by atoms with Crippen molar-refractivity contribution in [3.05, 3.63) is 127 Å². The number of nitrogens with one attached hydrogen (secondary N) is 2. The summed E-state index contributed by atoms with van der Waals surface area (Å²) in [5.74, 6) is -1.83. The van der Waals surface area contributed by atoms with Crippen LogP contribution in [0.4, 0.5) is 27.6 Å². The second-order valence-electron chi connectivity index (χ2n) is 18.6. The van der Waals surface area contributed by atoms with E-state index in [2.05, 4.69) is 52.0 Å². The van der Waals surface area contributed by atoms with Gasteiger partial charge in [0.15, 0.2) is 0 Å². The van der Waals surface area contributed by atoms with Gasteiger partial charge in [-0.25, -0.2) is 13.6 Å². The van der Waals surface area contributed by atoms with Crippen molar-refractivity contribution in [2.75, 3.05) is 101 Å². The number of hydrogen-bond acceptors (Lipinski definition) is 15. The van der Waals surface area contributed by atoms with Gasteiger partial charge in [0.1, 0.15) is 72.7 Å². The number of halogens is 7. The number of aromatic nitrogens is 1. The molecule has 24 heteroatoms. The lowest BCUT2D eigenvalue weighted by atomic mass is 9.93. The monoisotopic (exact) mass is 1280 g/mol. The van der Waals surface area contributed by atoms with Crippen LogP contribution in [0.25, 0.3) is 22.0 Å². The largest absolute Gasteiger partial charge is 0.496 e. The number of benzene rings is 5. The van der Waals surface area contributed by atoms with E-state index in [0.717, 1.165) is 77.5 Å². The minimum atomic E-state index is -4.68. The van der Waals surface area contributed by atoms with Gasteiger partial charge in [0, 0.05) is 68.5 Å². The molecule has 1 aromatic heterocycles. The number of carbonyl (C=O) groups excluding carboxylic acids is 1. The standard InChI is InChI=1S/C36H37F5N4O6.C13H18BrNO3.C9H11BrO3/c1-4-30(36(39,40)41)43-22-17-25(37)32(26(38)18-22)34(46)44-27(35(47)48)16-21-7-8-24(33-23(21)6-5-9-42-33)31-28(49-2)14-20(15-29(31)50-3)19-45-10-12-51-13-11-45;1-16-11-7-10(8-12(17-2)13(11)14)9-15-3-5-18-6-4-15;1-12-7-3-6(5-11)4-8(13-2)9(7)10/h5-9,14-15,17-18,27,30,43H,4,10-13,16,19H2,1-3H3,(H,44,46)(H,47,48);7-8H,3-6,9H2,1-2H3;3-4,11H,5H2,1-2H3/t27-,30+;;/m0../s1. The van der Waals surface area contributed by atoms with Crippen molar-refractivity contribution in [2.45, 2.75) is 57.7 Å². The molecule has 17 nitrogen and oxygen atoms in total. The first kappa shape index (κ1) is 64.6. The maximum atomic E-state index is 15.0. The first-order chi connectivity index (χ1) is 39.3. The van der Waals surface area contributed by atoms with Crippen molar-refractivity contribution >= 4 is 60.3 Å². The number of morpholine rings is 2. The van der Waals surface area contributed by atoms with E-state index < -0.39 is 59.4 Å². The molecule has 1 amide bonds. The molecule has 2 aliphatic rings. The highest BCUT2D eigenvalue weighted by atomic mass is 79.9. The van der Waals surface area contributed by atoms with Crippen molar-refractivity contribution in [1.29, 1.82) is 0 Å². The predicted molar refractivity (Wildman–Crippen MR) is 306 cm³/mol. The van der Waals surface area contributed by atoms with Gasteiger partial charge >= 0.3 is 12.1 Å². The number of carboxylic acids is 1. The maximum absolute atomic E-state index is 15.0. The van der Waals surface area contributed by atoms with Crippen LogP contribution >= 0.6 is 31.9 Å². The van der Waals surface area contributed by atoms with Crippen LogP contribution in [0.3, 0.4) is 0 Å². The summed E-state index contributed by atoms with van der Waals surface area (Å²) in [6.07, 6.45) is -3.83. The molecule has 2 atom stereocenters. The Hall–Kier alpha value is -6.54. The summed E-state index contributed by atoms with van der Waals surface area (Å²) in [6.45, 7) is 9.21. The molecule has 6 aromatic rings. The lowest BCUT2D eigenvalue weighted by molar-refractivity contribution is -0.143. The van der Waals surface area contributed by atoms with E-state index in [4.69, 9.17) is 43.0 Å². The van der Waals surface area contributed by atoms with E-state index in [9.17, 15) is 36.6 Å². The fourth-order valence-electron chi connectivity index (χ4n) is 9.14. The van der Waals surface area contributed by atoms with Gasteiger partial charge in [-0.2, -0.15) is 13.2 Å². The minimum absolute atomic E-state index is 0.0278. The quantitative estimate of drug-likeness (QED) is 0.0527. The number of alkyl halides is 3. The van der Waals surface area contributed by atoms with Crippen molar-refractivity contribution < 1.29 is 79.6 Å². The molecule has 2 saturated heterocycles. The molecule has 0 unspecified atom stereocenters. The highest BCUT2D eigenvalue weighted by Crippen LogP contribution is 2.44. The Kier molecular flexibility index (Phi) is 24.2. The third-order valence-corrected chi connectivity index (χ3v) is 14.9. The molecule has 2 fully saturated rings. The zero-order valence-electron chi connectivity index (χ0n) is 46.3. The number of aliphatic hydroxyl groups excluding tert-OH is 1. The smallest absolute Gasteiger partial charge is 0.408 e. The Morgan fingerprint density at radius 1 is 0.695 bits per heavy atom. The number of ether oxygens (including phenoxy) is 8. The topological polar surface area (TPSA) is 192 Å². The Balaban J connectivity index is 0.000000281. The van der Waals surface area contributed by atoms with E-state index >= 15 is 0 Å². The lowest BCUT2D eigenvalue weighted by Gasteiger charge is -2.27. The van der Waals surface area contributed by atoms with Crippen molar-refractivity contribution in [1.82, 2.24) is 20.1 Å². The van der Waals surface area contributed by atoms with Gasteiger partial charge in [0.2, 0.25) is 0 Å².